The highest BCUT2D eigenvalue weighted by atomic mass is 31.2. The van der Waals surface area contributed by atoms with Crippen molar-refractivity contribution >= 4 is 19.7 Å². The monoisotopic (exact) mass is 834 g/mol. The first kappa shape index (κ1) is 55.5. The van der Waals surface area contributed by atoms with Crippen molar-refractivity contribution in [1.82, 2.24) is 5.32 Å². The maximum Gasteiger partial charge on any atom is 0.472 e. The van der Waals surface area contributed by atoms with Crippen LogP contribution in [0.2, 0.25) is 0 Å². The van der Waals surface area contributed by atoms with Gasteiger partial charge in [0, 0.05) is 19.4 Å². The molecule has 3 N–H and O–H groups in total. The lowest BCUT2D eigenvalue weighted by atomic mass is 10.0. The van der Waals surface area contributed by atoms with Gasteiger partial charge in [-0.3, -0.25) is 18.6 Å². The summed E-state index contributed by atoms with van der Waals surface area (Å²) in [6.07, 6.45) is 54.0. The van der Waals surface area contributed by atoms with Gasteiger partial charge in [0.25, 0.3) is 0 Å². The number of nitrogens with one attached hydrogen (secondary N) is 1. The summed E-state index contributed by atoms with van der Waals surface area (Å²) in [5, 5.41) is 12.7. The molecule has 10 heteroatoms. The molecule has 2 atom stereocenters. The lowest BCUT2D eigenvalue weighted by Crippen LogP contribution is -2.27. The Morgan fingerprint density at radius 3 is 1.48 bits per heavy atom. The molecular formula is C48H84NO8P. The van der Waals surface area contributed by atoms with Gasteiger partial charge in [-0.25, -0.2) is 4.57 Å². The maximum atomic E-state index is 12.1. The Kier molecular flexibility index (Phi) is 42.1. The molecular weight excluding hydrogens is 750 g/mol. The van der Waals surface area contributed by atoms with Gasteiger partial charge in [0.05, 0.1) is 13.2 Å². The van der Waals surface area contributed by atoms with E-state index >= 15 is 0 Å². The molecule has 0 bridgehead atoms. The van der Waals surface area contributed by atoms with E-state index in [9.17, 15) is 24.2 Å². The van der Waals surface area contributed by atoms with Gasteiger partial charge in [-0.15, -0.1) is 0 Å². The molecule has 0 aromatic heterocycles. The van der Waals surface area contributed by atoms with Gasteiger partial charge in [0.1, 0.15) is 12.7 Å². The van der Waals surface area contributed by atoms with Crippen molar-refractivity contribution in [1.29, 1.82) is 0 Å². The smallest absolute Gasteiger partial charge is 0.463 e. The van der Waals surface area contributed by atoms with Crippen molar-refractivity contribution in [3.8, 4) is 0 Å². The Morgan fingerprint density at radius 1 is 0.552 bits per heavy atom. The summed E-state index contributed by atoms with van der Waals surface area (Å²) in [6.45, 7) is 3.40. The SMILES string of the molecule is CC/C=C\C/C=C\C/C=C\C/C=C\C/C=C\C/C=C\CCCCCCC(=O)NCCOP(=O)(O)OCC(O)COC(=O)CCCCCCCCCCCCCCCC. The summed E-state index contributed by atoms with van der Waals surface area (Å²) in [7, 11) is -4.43. The summed E-state index contributed by atoms with van der Waals surface area (Å²) >= 11 is 0. The number of ether oxygens (including phenoxy) is 1. The van der Waals surface area contributed by atoms with Crippen LogP contribution in [0.3, 0.4) is 0 Å². The number of hydrogen-bond donors (Lipinski definition) is 3. The fourth-order valence-corrected chi connectivity index (χ4v) is 6.73. The van der Waals surface area contributed by atoms with Gasteiger partial charge in [-0.1, -0.05) is 183 Å². The molecule has 0 aliphatic rings. The van der Waals surface area contributed by atoms with Gasteiger partial charge in [0.15, 0.2) is 0 Å². The van der Waals surface area contributed by atoms with E-state index in [2.05, 4.69) is 92.1 Å². The maximum absolute atomic E-state index is 12.1. The molecule has 0 spiro atoms. The molecule has 0 radical (unpaired) electrons. The van der Waals surface area contributed by atoms with Crippen LogP contribution in [0.4, 0.5) is 0 Å². The highest BCUT2D eigenvalue weighted by molar-refractivity contribution is 7.47. The second-order valence-electron chi connectivity index (χ2n) is 15.0. The predicted molar refractivity (Wildman–Crippen MR) is 243 cm³/mol. The molecule has 0 aliphatic heterocycles. The first-order chi connectivity index (χ1) is 28.3. The summed E-state index contributed by atoms with van der Waals surface area (Å²) < 4.78 is 26.9. The summed E-state index contributed by atoms with van der Waals surface area (Å²) in [6, 6.07) is 0. The van der Waals surface area contributed by atoms with Crippen molar-refractivity contribution in [2.75, 3.05) is 26.4 Å². The standard InChI is InChI=1S/C48H84NO8P/c1-3-5-7-9-11-13-15-17-19-20-21-22-23-24-25-26-27-28-30-32-34-36-38-40-47(51)49-42-43-56-58(53,54)57-45-46(50)44-55-48(52)41-39-37-35-33-31-29-18-16-14-12-10-8-6-4-2/h5,7,11,13,17,19,21-22,24-25,27-28,46,50H,3-4,6,8-10,12,14-16,18,20,23,26,29-45H2,1-2H3,(H,49,51)(H,53,54)/b7-5-,13-11-,19-17-,22-21-,25-24-,28-27-. The Balaban J connectivity index is 3.66. The van der Waals surface area contributed by atoms with E-state index < -0.39 is 26.5 Å². The molecule has 0 aromatic rings. The molecule has 0 saturated heterocycles. The van der Waals surface area contributed by atoms with E-state index in [1.54, 1.807) is 0 Å². The second kappa shape index (κ2) is 44.0. The lowest BCUT2D eigenvalue weighted by molar-refractivity contribution is -0.147. The number of esters is 1. The zero-order chi connectivity index (χ0) is 42.5. The van der Waals surface area contributed by atoms with Crippen LogP contribution >= 0.6 is 7.82 Å². The van der Waals surface area contributed by atoms with Gasteiger partial charge in [-0.05, 0) is 64.2 Å². The van der Waals surface area contributed by atoms with Crippen molar-refractivity contribution in [2.24, 2.45) is 0 Å². The lowest BCUT2D eigenvalue weighted by Gasteiger charge is -2.15. The minimum Gasteiger partial charge on any atom is -0.463 e. The van der Waals surface area contributed by atoms with Crippen molar-refractivity contribution < 1.29 is 37.9 Å². The topological polar surface area (TPSA) is 131 Å². The molecule has 1 amide bonds. The number of hydrogen-bond acceptors (Lipinski definition) is 7. The quantitative estimate of drug-likeness (QED) is 0.0240. The van der Waals surface area contributed by atoms with E-state index in [4.69, 9.17) is 13.8 Å². The van der Waals surface area contributed by atoms with Crippen LogP contribution in [0, 0.1) is 0 Å². The van der Waals surface area contributed by atoms with E-state index in [1.807, 2.05) is 0 Å². The number of carbonyl (C=O) groups is 2. The number of phosphoric acid groups is 1. The second-order valence-corrected chi connectivity index (χ2v) is 16.5. The zero-order valence-corrected chi connectivity index (χ0v) is 37.6. The molecule has 0 aliphatic carbocycles. The van der Waals surface area contributed by atoms with Gasteiger partial charge in [-0.2, -0.15) is 0 Å². The van der Waals surface area contributed by atoms with E-state index in [0.29, 0.717) is 6.42 Å². The van der Waals surface area contributed by atoms with Crippen LogP contribution in [0.25, 0.3) is 0 Å². The number of carbonyl (C=O) groups excluding carboxylic acids is 2. The summed E-state index contributed by atoms with van der Waals surface area (Å²) in [5.41, 5.74) is 0. The highest BCUT2D eigenvalue weighted by Gasteiger charge is 2.23. The summed E-state index contributed by atoms with van der Waals surface area (Å²) in [5.74, 6) is -0.543. The minimum absolute atomic E-state index is 0.0643. The fraction of sp³-hybridized carbons (Fsp3) is 0.708. The van der Waals surface area contributed by atoms with Gasteiger partial charge >= 0.3 is 13.8 Å². The van der Waals surface area contributed by atoms with Crippen molar-refractivity contribution in [2.45, 2.75) is 193 Å². The Bertz CT molecular complexity index is 1180. The molecule has 0 aromatic carbocycles. The van der Waals surface area contributed by atoms with E-state index in [1.165, 1.54) is 70.6 Å². The average Bonchev–Trinajstić information content (AvgIpc) is 3.21. The Labute approximate surface area is 354 Å². The molecule has 0 heterocycles. The third kappa shape index (κ3) is 44.6. The van der Waals surface area contributed by atoms with Crippen molar-refractivity contribution in [3.63, 3.8) is 0 Å². The average molecular weight is 834 g/mol. The van der Waals surface area contributed by atoms with Crippen molar-refractivity contribution in [3.05, 3.63) is 72.9 Å². The van der Waals surface area contributed by atoms with Crippen LogP contribution in [0.15, 0.2) is 72.9 Å². The Morgan fingerprint density at radius 2 is 0.983 bits per heavy atom. The number of unbranched alkanes of at least 4 members (excludes halogenated alkanes) is 17. The molecule has 0 rings (SSSR count). The molecule has 58 heavy (non-hydrogen) atoms. The molecule has 0 fully saturated rings. The minimum atomic E-state index is -4.43. The van der Waals surface area contributed by atoms with Crippen LogP contribution in [-0.2, 0) is 27.9 Å². The van der Waals surface area contributed by atoms with Crippen LogP contribution < -0.4 is 5.32 Å². The van der Waals surface area contributed by atoms with E-state index in [0.717, 1.165) is 89.9 Å². The van der Waals surface area contributed by atoms with E-state index in [-0.39, 0.29) is 32.1 Å². The third-order valence-corrected chi connectivity index (χ3v) is 10.4. The van der Waals surface area contributed by atoms with Gasteiger partial charge in [0.2, 0.25) is 5.91 Å². The number of allylic oxidation sites excluding steroid dienone is 12. The predicted octanol–water partition coefficient (Wildman–Crippen LogP) is 13.0. The van der Waals surface area contributed by atoms with Crippen LogP contribution in [0.1, 0.15) is 187 Å². The number of amides is 1. The molecule has 0 saturated carbocycles. The normalized spacial score (nSPS) is 13.9. The molecule has 9 nitrogen and oxygen atoms in total. The first-order valence-corrected chi connectivity index (χ1v) is 24.4. The number of phosphoric ester groups is 1. The number of aliphatic hydroxyl groups excluding tert-OH is 1. The number of rotatable bonds is 42. The van der Waals surface area contributed by atoms with Crippen LogP contribution in [-0.4, -0.2) is 54.3 Å². The van der Waals surface area contributed by atoms with Crippen LogP contribution in [0.5, 0.6) is 0 Å². The highest BCUT2D eigenvalue weighted by Crippen LogP contribution is 2.42. The zero-order valence-electron chi connectivity index (χ0n) is 36.7. The largest absolute Gasteiger partial charge is 0.472 e. The Hall–Kier alpha value is -2.55. The molecule has 334 valence electrons. The summed E-state index contributed by atoms with van der Waals surface area (Å²) in [4.78, 5) is 33.9. The first-order valence-electron chi connectivity index (χ1n) is 22.9. The molecule has 2 unspecified atom stereocenters. The third-order valence-electron chi connectivity index (χ3n) is 9.40. The fourth-order valence-electron chi connectivity index (χ4n) is 5.97. The van der Waals surface area contributed by atoms with Gasteiger partial charge < -0.3 is 20.1 Å². The number of aliphatic hydroxyl groups is 1.